The zero-order chi connectivity index (χ0) is 26.6. The highest BCUT2D eigenvalue weighted by Crippen LogP contribution is 2.27. The number of anilines is 3. The number of hydrogen-bond donors (Lipinski definition) is 4. The van der Waals surface area contributed by atoms with Gasteiger partial charge in [0.05, 0.1) is 5.57 Å². The number of fused-ring (bicyclic) bond motifs is 1. The van der Waals surface area contributed by atoms with Crippen molar-refractivity contribution in [2.24, 2.45) is 0 Å². The number of likely N-dealkylation sites (N-methyl/N-ethyl adjacent to an activating group) is 2. The highest BCUT2D eigenvalue weighted by atomic mass is 16.2. The number of imide groups is 1. The van der Waals surface area contributed by atoms with E-state index in [9.17, 15) is 14.4 Å². The molecule has 2 fully saturated rings. The molecule has 0 unspecified atom stereocenters. The number of carbonyl (C=O) groups is 3. The molecule has 2 aromatic rings. The molecule has 11 heteroatoms. The second-order valence-electron chi connectivity index (χ2n) is 9.94. The Morgan fingerprint density at radius 3 is 2.11 bits per heavy atom. The molecule has 38 heavy (non-hydrogen) atoms. The van der Waals surface area contributed by atoms with Crippen LogP contribution in [0.2, 0.25) is 0 Å². The molecule has 200 valence electrons. The SMILES string of the molecule is CN1CCN(NC(=O)Nc2ccc3c(c2)C(=O)NC(=O)/C3=C\Nc2ccc(N3CCN(C)CC3)cc2)CC1. The Morgan fingerprint density at radius 1 is 0.789 bits per heavy atom. The van der Waals surface area contributed by atoms with Crippen LogP contribution >= 0.6 is 0 Å². The van der Waals surface area contributed by atoms with Gasteiger partial charge in [0.15, 0.2) is 0 Å². The van der Waals surface area contributed by atoms with Crippen LogP contribution in [0.4, 0.5) is 21.9 Å². The molecule has 4 N–H and O–H groups in total. The zero-order valence-electron chi connectivity index (χ0n) is 21.8. The monoisotopic (exact) mass is 518 g/mol. The summed E-state index contributed by atoms with van der Waals surface area (Å²) in [6.07, 6.45) is 1.61. The molecule has 3 aliphatic heterocycles. The summed E-state index contributed by atoms with van der Waals surface area (Å²) in [5.74, 6) is -0.973. The summed E-state index contributed by atoms with van der Waals surface area (Å²) >= 11 is 0. The van der Waals surface area contributed by atoms with Crippen molar-refractivity contribution in [3.05, 3.63) is 59.8 Å². The van der Waals surface area contributed by atoms with Gasteiger partial charge in [0.2, 0.25) is 0 Å². The summed E-state index contributed by atoms with van der Waals surface area (Å²) < 4.78 is 0. The average molecular weight is 519 g/mol. The Labute approximate surface area is 222 Å². The van der Waals surface area contributed by atoms with E-state index in [-0.39, 0.29) is 6.03 Å². The van der Waals surface area contributed by atoms with Gasteiger partial charge in [-0.2, -0.15) is 0 Å². The van der Waals surface area contributed by atoms with Gasteiger partial charge in [-0.3, -0.25) is 20.3 Å². The minimum atomic E-state index is -0.498. The summed E-state index contributed by atoms with van der Waals surface area (Å²) in [4.78, 5) is 44.6. The summed E-state index contributed by atoms with van der Waals surface area (Å²) in [7, 11) is 4.18. The highest BCUT2D eigenvalue weighted by molar-refractivity contribution is 6.31. The maximum Gasteiger partial charge on any atom is 0.333 e. The van der Waals surface area contributed by atoms with E-state index in [0.29, 0.717) is 22.4 Å². The van der Waals surface area contributed by atoms with Gasteiger partial charge in [-0.25, -0.2) is 9.80 Å². The number of benzene rings is 2. The first-order valence-corrected chi connectivity index (χ1v) is 12.9. The molecule has 0 radical (unpaired) electrons. The number of urea groups is 1. The second kappa shape index (κ2) is 11.2. The molecular weight excluding hydrogens is 484 g/mol. The van der Waals surface area contributed by atoms with E-state index >= 15 is 0 Å². The fourth-order valence-corrected chi connectivity index (χ4v) is 4.76. The van der Waals surface area contributed by atoms with Crippen molar-refractivity contribution in [2.75, 3.05) is 82.0 Å². The molecule has 0 spiro atoms. The smallest absolute Gasteiger partial charge is 0.333 e. The van der Waals surface area contributed by atoms with Crippen LogP contribution in [0.3, 0.4) is 0 Å². The Morgan fingerprint density at radius 2 is 1.42 bits per heavy atom. The Balaban J connectivity index is 1.25. The van der Waals surface area contributed by atoms with Gasteiger partial charge >= 0.3 is 6.03 Å². The molecule has 0 aromatic heterocycles. The summed E-state index contributed by atoms with van der Waals surface area (Å²) in [6, 6.07) is 12.7. The zero-order valence-corrected chi connectivity index (χ0v) is 21.8. The largest absolute Gasteiger partial charge is 0.369 e. The van der Waals surface area contributed by atoms with E-state index in [1.54, 1.807) is 24.4 Å². The lowest BCUT2D eigenvalue weighted by Gasteiger charge is -2.34. The molecule has 2 saturated heterocycles. The number of nitrogens with zero attached hydrogens (tertiary/aromatic N) is 4. The minimum Gasteiger partial charge on any atom is -0.369 e. The van der Waals surface area contributed by atoms with Crippen LogP contribution in [0.25, 0.3) is 5.57 Å². The lowest BCUT2D eigenvalue weighted by molar-refractivity contribution is -0.114. The Bertz CT molecular complexity index is 1230. The van der Waals surface area contributed by atoms with Gasteiger partial charge in [0, 0.05) is 86.7 Å². The third kappa shape index (κ3) is 5.96. The van der Waals surface area contributed by atoms with Crippen LogP contribution < -0.4 is 26.3 Å². The normalized spacial score (nSPS) is 20.2. The maximum atomic E-state index is 12.6. The van der Waals surface area contributed by atoms with Gasteiger partial charge in [0.1, 0.15) is 0 Å². The quantitative estimate of drug-likeness (QED) is 0.348. The number of rotatable bonds is 5. The average Bonchev–Trinajstić information content (AvgIpc) is 2.91. The third-order valence-electron chi connectivity index (χ3n) is 7.17. The van der Waals surface area contributed by atoms with Gasteiger partial charge in [-0.1, -0.05) is 6.07 Å². The number of amides is 4. The van der Waals surface area contributed by atoms with E-state index in [1.165, 1.54) is 5.69 Å². The predicted octanol–water partition coefficient (Wildman–Crippen LogP) is 1.45. The van der Waals surface area contributed by atoms with E-state index in [1.807, 2.05) is 24.2 Å². The fourth-order valence-electron chi connectivity index (χ4n) is 4.76. The number of hydrogen-bond acceptors (Lipinski definition) is 8. The molecular formula is C27H34N8O3. The molecule has 4 amide bonds. The van der Waals surface area contributed by atoms with Crippen molar-refractivity contribution in [2.45, 2.75) is 0 Å². The Hall–Kier alpha value is -3.93. The van der Waals surface area contributed by atoms with Crippen molar-refractivity contribution in [3.8, 4) is 0 Å². The Kier molecular flexibility index (Phi) is 7.59. The van der Waals surface area contributed by atoms with Crippen molar-refractivity contribution in [1.29, 1.82) is 0 Å². The minimum absolute atomic E-state index is 0.320. The topological polar surface area (TPSA) is 112 Å². The lowest BCUT2D eigenvalue weighted by Crippen LogP contribution is -2.53. The number of carbonyl (C=O) groups excluding carboxylic acids is 3. The summed E-state index contributed by atoms with van der Waals surface area (Å²) in [5.41, 5.74) is 6.47. The van der Waals surface area contributed by atoms with Gasteiger partial charge in [0.25, 0.3) is 11.8 Å². The summed E-state index contributed by atoms with van der Waals surface area (Å²) in [5, 5.41) is 10.2. The van der Waals surface area contributed by atoms with Crippen molar-refractivity contribution < 1.29 is 14.4 Å². The fraction of sp³-hybridized carbons (Fsp3) is 0.370. The lowest BCUT2D eigenvalue weighted by atomic mass is 9.95. The molecule has 0 bridgehead atoms. The van der Waals surface area contributed by atoms with Gasteiger partial charge < -0.3 is 25.3 Å². The van der Waals surface area contributed by atoms with Crippen LogP contribution in [-0.2, 0) is 4.79 Å². The molecule has 0 aliphatic carbocycles. The molecule has 11 nitrogen and oxygen atoms in total. The van der Waals surface area contributed by atoms with Crippen molar-refractivity contribution >= 4 is 40.5 Å². The molecule has 5 rings (SSSR count). The van der Waals surface area contributed by atoms with Crippen LogP contribution in [0.1, 0.15) is 15.9 Å². The van der Waals surface area contributed by atoms with Gasteiger partial charge in [-0.15, -0.1) is 0 Å². The summed E-state index contributed by atoms with van der Waals surface area (Å²) in [6.45, 7) is 7.28. The first kappa shape index (κ1) is 25.7. The van der Waals surface area contributed by atoms with E-state index in [0.717, 1.165) is 58.0 Å². The van der Waals surface area contributed by atoms with Crippen LogP contribution in [0.15, 0.2) is 48.7 Å². The molecule has 0 atom stereocenters. The van der Waals surface area contributed by atoms with Crippen molar-refractivity contribution in [1.82, 2.24) is 25.6 Å². The third-order valence-corrected chi connectivity index (χ3v) is 7.17. The maximum absolute atomic E-state index is 12.6. The van der Waals surface area contributed by atoms with Crippen molar-refractivity contribution in [3.63, 3.8) is 0 Å². The standard InChI is InChI=1S/C27H34N8O3/c1-32-9-13-34(14-10-32)21-6-3-19(4-7-21)28-18-24-22-8-5-20(17-23(22)25(36)30-26(24)37)29-27(38)31-35-15-11-33(2)12-16-35/h3-8,17-18,28H,9-16H2,1-2H3,(H2,29,31,38)(H,30,36,37)/b24-18-. The van der Waals surface area contributed by atoms with Crippen LogP contribution in [0, 0.1) is 0 Å². The van der Waals surface area contributed by atoms with E-state index < -0.39 is 11.8 Å². The molecule has 2 aromatic carbocycles. The first-order chi connectivity index (χ1) is 18.4. The van der Waals surface area contributed by atoms with Crippen LogP contribution in [-0.4, -0.2) is 99.1 Å². The predicted molar refractivity (Wildman–Crippen MR) is 148 cm³/mol. The van der Waals surface area contributed by atoms with E-state index in [2.05, 4.69) is 55.3 Å². The van der Waals surface area contributed by atoms with Crippen LogP contribution in [0.5, 0.6) is 0 Å². The number of hydrazine groups is 1. The van der Waals surface area contributed by atoms with E-state index in [4.69, 9.17) is 0 Å². The molecule has 0 saturated carbocycles. The highest BCUT2D eigenvalue weighted by Gasteiger charge is 2.28. The first-order valence-electron chi connectivity index (χ1n) is 12.9. The second-order valence-corrected chi connectivity index (χ2v) is 9.94. The van der Waals surface area contributed by atoms with Gasteiger partial charge in [-0.05, 0) is 50.5 Å². The number of piperazine rings is 2. The molecule has 3 heterocycles. The number of nitrogens with one attached hydrogen (secondary N) is 4. The molecule has 3 aliphatic rings.